The van der Waals surface area contributed by atoms with Crippen LogP contribution in [0.1, 0.15) is 16.7 Å². The normalized spacial score (nSPS) is 9.90. The molecule has 0 aromatic heterocycles. The van der Waals surface area contributed by atoms with Crippen LogP contribution in [0.4, 0.5) is 5.69 Å². The molecule has 0 aliphatic carbocycles. The highest BCUT2D eigenvalue weighted by atomic mass is 16.6. The monoisotopic (exact) mass is 284 g/mol. The smallest absolute Gasteiger partial charge is 0.310 e. The minimum Gasteiger partial charge on any atom is -0.482 e. The van der Waals surface area contributed by atoms with E-state index in [1.165, 1.54) is 18.2 Å². The van der Waals surface area contributed by atoms with Gasteiger partial charge in [0, 0.05) is 6.07 Å². The van der Waals surface area contributed by atoms with Gasteiger partial charge >= 0.3 is 5.69 Å². The van der Waals surface area contributed by atoms with Gasteiger partial charge in [0.15, 0.2) is 5.75 Å². The predicted octanol–water partition coefficient (Wildman–Crippen LogP) is 2.54. The van der Waals surface area contributed by atoms with Crippen LogP contribution in [-0.4, -0.2) is 10.0 Å². The Balaban J connectivity index is 2.17. The zero-order valence-corrected chi connectivity index (χ0v) is 11.0. The van der Waals surface area contributed by atoms with Crippen LogP contribution in [0, 0.1) is 21.4 Å². The molecule has 2 aromatic carbocycles. The summed E-state index contributed by atoms with van der Waals surface area (Å²) >= 11 is 0. The van der Waals surface area contributed by atoms with Crippen molar-refractivity contribution in [2.45, 2.75) is 13.2 Å². The van der Waals surface area contributed by atoms with E-state index in [4.69, 9.17) is 15.1 Å². The summed E-state index contributed by atoms with van der Waals surface area (Å²) in [5.74, 6) is 0.107. The Hall–Kier alpha value is -2.91. The highest BCUT2D eigenvalue weighted by Gasteiger charge is 2.15. The molecule has 1 N–H and O–H groups in total. The third kappa shape index (κ3) is 3.55. The number of rotatable bonds is 5. The van der Waals surface area contributed by atoms with Crippen molar-refractivity contribution in [2.24, 2.45) is 0 Å². The minimum atomic E-state index is -0.532. The van der Waals surface area contributed by atoms with E-state index in [0.717, 1.165) is 5.56 Å². The van der Waals surface area contributed by atoms with Gasteiger partial charge in [-0.05, 0) is 35.4 Å². The van der Waals surface area contributed by atoms with Gasteiger partial charge in [0.25, 0.3) is 0 Å². The molecule has 106 valence electrons. The number of nitro groups is 1. The molecule has 6 nitrogen and oxygen atoms in total. The number of nitrogens with zero attached hydrogens (tertiary/aromatic N) is 2. The predicted molar refractivity (Wildman–Crippen MR) is 74.5 cm³/mol. The number of benzene rings is 2. The first kappa shape index (κ1) is 14.5. The van der Waals surface area contributed by atoms with Gasteiger partial charge in [-0.2, -0.15) is 5.26 Å². The number of hydrogen-bond acceptors (Lipinski definition) is 5. The van der Waals surface area contributed by atoms with Crippen LogP contribution in [0.25, 0.3) is 0 Å². The van der Waals surface area contributed by atoms with E-state index in [1.807, 2.05) is 6.07 Å². The molecule has 0 aliphatic heterocycles. The molecule has 0 heterocycles. The Bertz CT molecular complexity index is 690. The van der Waals surface area contributed by atoms with Gasteiger partial charge < -0.3 is 9.84 Å². The lowest BCUT2D eigenvalue weighted by Crippen LogP contribution is -2.00. The first-order valence-electron chi connectivity index (χ1n) is 6.14. The summed E-state index contributed by atoms with van der Waals surface area (Å²) in [6, 6.07) is 13.0. The summed E-state index contributed by atoms with van der Waals surface area (Å²) in [6.45, 7) is -0.0767. The number of ether oxygens (including phenoxy) is 1. The second-order valence-electron chi connectivity index (χ2n) is 4.31. The average molecular weight is 284 g/mol. The average Bonchev–Trinajstić information content (AvgIpc) is 2.52. The molecule has 0 fully saturated rings. The van der Waals surface area contributed by atoms with Gasteiger partial charge in [0.1, 0.15) is 6.61 Å². The Kier molecular flexibility index (Phi) is 4.49. The van der Waals surface area contributed by atoms with Crippen LogP contribution in [0.5, 0.6) is 5.75 Å². The molecule has 0 bridgehead atoms. The zero-order chi connectivity index (χ0) is 15.2. The lowest BCUT2D eigenvalue weighted by atomic mass is 10.1. The Morgan fingerprint density at radius 1 is 1.19 bits per heavy atom. The second-order valence-corrected chi connectivity index (χ2v) is 4.31. The quantitative estimate of drug-likeness (QED) is 0.672. The summed E-state index contributed by atoms with van der Waals surface area (Å²) in [5.41, 5.74) is 1.71. The molecule has 0 aliphatic rings. The topological polar surface area (TPSA) is 96.4 Å². The molecule has 21 heavy (non-hydrogen) atoms. The van der Waals surface area contributed by atoms with E-state index in [2.05, 4.69) is 0 Å². The summed E-state index contributed by atoms with van der Waals surface area (Å²) in [4.78, 5) is 10.4. The molecule has 0 saturated heterocycles. The standard InChI is InChI=1S/C15H12N2O4/c16-8-11-1-3-12(4-2-11)10-21-15-7-13(9-18)5-6-14(15)17(19)20/h1-7,18H,9-10H2. The van der Waals surface area contributed by atoms with E-state index < -0.39 is 4.92 Å². The first-order chi connectivity index (χ1) is 10.1. The van der Waals surface area contributed by atoms with Crippen molar-refractivity contribution in [3.63, 3.8) is 0 Å². The van der Waals surface area contributed by atoms with Crippen LogP contribution >= 0.6 is 0 Å². The Morgan fingerprint density at radius 2 is 1.86 bits per heavy atom. The van der Waals surface area contributed by atoms with E-state index in [1.54, 1.807) is 24.3 Å². The zero-order valence-electron chi connectivity index (χ0n) is 11.0. The van der Waals surface area contributed by atoms with E-state index in [0.29, 0.717) is 11.1 Å². The van der Waals surface area contributed by atoms with Gasteiger partial charge in [-0.1, -0.05) is 12.1 Å². The molecule has 0 atom stereocenters. The third-order valence-electron chi connectivity index (χ3n) is 2.88. The SMILES string of the molecule is N#Cc1ccc(COc2cc(CO)ccc2[N+](=O)[O-])cc1. The highest BCUT2D eigenvalue weighted by molar-refractivity contribution is 5.48. The maximum atomic E-state index is 10.9. The molecule has 0 spiro atoms. The highest BCUT2D eigenvalue weighted by Crippen LogP contribution is 2.28. The fourth-order valence-corrected chi connectivity index (χ4v) is 1.76. The maximum Gasteiger partial charge on any atom is 0.310 e. The molecule has 6 heteroatoms. The summed E-state index contributed by atoms with van der Waals surface area (Å²) in [6.07, 6.45) is 0. The lowest BCUT2D eigenvalue weighted by molar-refractivity contribution is -0.386. The molecule has 2 rings (SSSR count). The first-order valence-corrected chi connectivity index (χ1v) is 6.14. The molecule has 0 saturated carbocycles. The number of nitriles is 1. The number of nitro benzene ring substituents is 1. The number of aliphatic hydroxyl groups is 1. The van der Waals surface area contributed by atoms with Gasteiger partial charge in [-0.3, -0.25) is 10.1 Å². The largest absolute Gasteiger partial charge is 0.482 e. The van der Waals surface area contributed by atoms with Crippen LogP contribution in [-0.2, 0) is 13.2 Å². The summed E-state index contributed by atoms with van der Waals surface area (Å²) in [5, 5.41) is 28.7. The summed E-state index contributed by atoms with van der Waals surface area (Å²) < 4.78 is 5.46. The van der Waals surface area contributed by atoms with Gasteiger partial charge in [0.2, 0.25) is 0 Å². The molecule has 0 radical (unpaired) electrons. The molecular formula is C15H12N2O4. The van der Waals surface area contributed by atoms with Crippen LogP contribution < -0.4 is 4.74 Å². The van der Waals surface area contributed by atoms with Crippen molar-refractivity contribution in [3.8, 4) is 11.8 Å². The fraction of sp³-hybridized carbons (Fsp3) is 0.133. The van der Waals surface area contributed by atoms with Crippen LogP contribution in [0.15, 0.2) is 42.5 Å². The van der Waals surface area contributed by atoms with Crippen molar-refractivity contribution in [3.05, 3.63) is 69.3 Å². The van der Waals surface area contributed by atoms with Gasteiger partial charge in [-0.25, -0.2) is 0 Å². The molecule has 0 unspecified atom stereocenters. The minimum absolute atomic E-state index is 0.107. The molecule has 0 amide bonds. The lowest BCUT2D eigenvalue weighted by Gasteiger charge is -2.08. The summed E-state index contributed by atoms with van der Waals surface area (Å²) in [7, 11) is 0. The molecular weight excluding hydrogens is 272 g/mol. The van der Waals surface area contributed by atoms with Crippen molar-refractivity contribution < 1.29 is 14.8 Å². The van der Waals surface area contributed by atoms with Gasteiger partial charge in [-0.15, -0.1) is 0 Å². The van der Waals surface area contributed by atoms with Gasteiger partial charge in [0.05, 0.1) is 23.2 Å². The number of hydrogen-bond donors (Lipinski definition) is 1. The Morgan fingerprint density at radius 3 is 2.43 bits per heavy atom. The molecule has 2 aromatic rings. The Labute approximate surface area is 121 Å². The van der Waals surface area contributed by atoms with Crippen molar-refractivity contribution in [1.82, 2.24) is 0 Å². The van der Waals surface area contributed by atoms with Crippen LogP contribution in [0.3, 0.4) is 0 Å². The van der Waals surface area contributed by atoms with Crippen molar-refractivity contribution in [2.75, 3.05) is 0 Å². The third-order valence-corrected chi connectivity index (χ3v) is 2.88. The van der Waals surface area contributed by atoms with Crippen LogP contribution in [0.2, 0.25) is 0 Å². The van der Waals surface area contributed by atoms with E-state index in [-0.39, 0.29) is 24.7 Å². The maximum absolute atomic E-state index is 10.9. The van der Waals surface area contributed by atoms with E-state index >= 15 is 0 Å². The van der Waals surface area contributed by atoms with Crippen molar-refractivity contribution >= 4 is 5.69 Å². The number of aliphatic hydroxyl groups excluding tert-OH is 1. The van der Waals surface area contributed by atoms with E-state index in [9.17, 15) is 10.1 Å². The fourth-order valence-electron chi connectivity index (χ4n) is 1.76. The second kappa shape index (κ2) is 6.50. The van der Waals surface area contributed by atoms with Crippen molar-refractivity contribution in [1.29, 1.82) is 5.26 Å².